The number of benzene rings is 1. The smallest absolute Gasteiger partial charge is 0.310 e. The fourth-order valence-corrected chi connectivity index (χ4v) is 2.56. The van der Waals surface area contributed by atoms with Crippen LogP contribution in [0.4, 0.5) is 10.1 Å². The summed E-state index contributed by atoms with van der Waals surface area (Å²) in [6, 6.07) is 4.70. The normalized spacial score (nSPS) is 18.4. The van der Waals surface area contributed by atoms with Crippen LogP contribution in [0.3, 0.4) is 0 Å². The van der Waals surface area contributed by atoms with E-state index in [1.807, 2.05) is 4.90 Å². The topological polar surface area (TPSA) is 55.6 Å². The molecule has 1 unspecified atom stereocenters. The van der Waals surface area contributed by atoms with Crippen molar-refractivity contribution in [3.63, 3.8) is 0 Å². The molecular formula is C13H15FN2O2S. The molecule has 0 bridgehead atoms. The zero-order valence-corrected chi connectivity index (χ0v) is 11.4. The Kier molecular flexibility index (Phi) is 3.99. The minimum atomic E-state index is -0.438. The van der Waals surface area contributed by atoms with Gasteiger partial charge in [-0.05, 0) is 18.6 Å². The van der Waals surface area contributed by atoms with Gasteiger partial charge < -0.3 is 15.4 Å². The van der Waals surface area contributed by atoms with E-state index < -0.39 is 5.82 Å². The summed E-state index contributed by atoms with van der Waals surface area (Å²) in [5.74, 6) is -0.866. The molecule has 0 spiro atoms. The molecule has 1 aromatic rings. The fraction of sp³-hybridized carbons (Fsp3) is 0.385. The van der Waals surface area contributed by atoms with E-state index in [-0.39, 0.29) is 22.4 Å². The van der Waals surface area contributed by atoms with E-state index in [1.54, 1.807) is 12.1 Å². The van der Waals surface area contributed by atoms with Gasteiger partial charge in [0.15, 0.2) is 0 Å². The van der Waals surface area contributed by atoms with E-state index in [0.29, 0.717) is 25.2 Å². The summed E-state index contributed by atoms with van der Waals surface area (Å²) in [6.07, 6.45) is 0.681. The highest BCUT2D eigenvalue weighted by Crippen LogP contribution is 2.29. The third-order valence-corrected chi connectivity index (χ3v) is 3.51. The minimum absolute atomic E-state index is 0.0228. The molecule has 1 atom stereocenters. The molecule has 1 fully saturated rings. The monoisotopic (exact) mass is 282 g/mol. The highest BCUT2D eigenvalue weighted by molar-refractivity contribution is 7.80. The maximum Gasteiger partial charge on any atom is 0.310 e. The Labute approximate surface area is 116 Å². The maximum atomic E-state index is 13.8. The van der Waals surface area contributed by atoms with Crippen LogP contribution in [-0.2, 0) is 9.53 Å². The Morgan fingerprint density at radius 1 is 1.58 bits per heavy atom. The van der Waals surface area contributed by atoms with Crippen LogP contribution in [0.2, 0.25) is 0 Å². The molecule has 1 aliphatic heterocycles. The lowest BCUT2D eigenvalue weighted by Gasteiger charge is -2.21. The number of nitrogens with zero attached hydrogens (tertiary/aromatic N) is 1. The van der Waals surface area contributed by atoms with Gasteiger partial charge in [-0.2, -0.15) is 0 Å². The van der Waals surface area contributed by atoms with Gasteiger partial charge >= 0.3 is 5.97 Å². The average Bonchev–Trinajstić information content (AvgIpc) is 2.86. The minimum Gasteiger partial charge on any atom is -0.469 e. The van der Waals surface area contributed by atoms with Gasteiger partial charge in [0.05, 0.1) is 18.6 Å². The Morgan fingerprint density at radius 3 is 2.95 bits per heavy atom. The predicted octanol–water partition coefficient (Wildman–Crippen LogP) is 1.46. The first-order valence-corrected chi connectivity index (χ1v) is 6.36. The lowest BCUT2D eigenvalue weighted by atomic mass is 10.1. The first-order chi connectivity index (χ1) is 9.04. The number of hydrogen-bond donors (Lipinski definition) is 1. The molecule has 6 heteroatoms. The summed E-state index contributed by atoms with van der Waals surface area (Å²) in [5.41, 5.74) is 6.45. The summed E-state index contributed by atoms with van der Waals surface area (Å²) >= 11 is 4.90. The SMILES string of the molecule is COC(=O)C1CCN(c2cccc(F)c2C(N)=S)C1. The Morgan fingerprint density at radius 2 is 2.32 bits per heavy atom. The van der Waals surface area contributed by atoms with E-state index in [1.165, 1.54) is 13.2 Å². The molecule has 0 aromatic heterocycles. The van der Waals surface area contributed by atoms with Gasteiger partial charge in [0.2, 0.25) is 0 Å². The van der Waals surface area contributed by atoms with Crippen molar-refractivity contribution in [3.05, 3.63) is 29.6 Å². The third kappa shape index (κ3) is 2.68. The van der Waals surface area contributed by atoms with Crippen LogP contribution in [0, 0.1) is 11.7 Å². The summed E-state index contributed by atoms with van der Waals surface area (Å²) in [6.45, 7) is 1.14. The van der Waals surface area contributed by atoms with Crippen LogP contribution in [0.1, 0.15) is 12.0 Å². The molecule has 0 aliphatic carbocycles. The molecule has 2 N–H and O–H groups in total. The van der Waals surface area contributed by atoms with E-state index in [2.05, 4.69) is 0 Å². The highest BCUT2D eigenvalue weighted by Gasteiger charge is 2.30. The first kappa shape index (κ1) is 13.7. The number of methoxy groups -OCH3 is 1. The van der Waals surface area contributed by atoms with Crippen molar-refractivity contribution in [2.24, 2.45) is 11.7 Å². The van der Waals surface area contributed by atoms with Crippen LogP contribution in [-0.4, -0.2) is 31.2 Å². The third-order valence-electron chi connectivity index (χ3n) is 3.30. The molecule has 0 amide bonds. The number of anilines is 1. The second kappa shape index (κ2) is 5.52. The Hall–Kier alpha value is -1.69. The van der Waals surface area contributed by atoms with Gasteiger partial charge in [-0.3, -0.25) is 4.79 Å². The lowest BCUT2D eigenvalue weighted by Crippen LogP contribution is -2.26. The number of hydrogen-bond acceptors (Lipinski definition) is 4. The van der Waals surface area contributed by atoms with Gasteiger partial charge in [-0.15, -0.1) is 0 Å². The highest BCUT2D eigenvalue weighted by atomic mass is 32.1. The maximum absolute atomic E-state index is 13.8. The summed E-state index contributed by atoms with van der Waals surface area (Å²) in [4.78, 5) is 13.4. The predicted molar refractivity (Wildman–Crippen MR) is 74.6 cm³/mol. The number of rotatable bonds is 3. The van der Waals surface area contributed by atoms with Crippen molar-refractivity contribution in [2.75, 3.05) is 25.1 Å². The van der Waals surface area contributed by atoms with E-state index >= 15 is 0 Å². The number of carbonyl (C=O) groups is 1. The molecule has 1 saturated heterocycles. The van der Waals surface area contributed by atoms with E-state index in [9.17, 15) is 9.18 Å². The quantitative estimate of drug-likeness (QED) is 0.672. The largest absolute Gasteiger partial charge is 0.469 e. The van der Waals surface area contributed by atoms with Crippen LogP contribution < -0.4 is 10.6 Å². The van der Waals surface area contributed by atoms with Gasteiger partial charge in [0.1, 0.15) is 10.8 Å². The number of halogens is 1. The molecule has 4 nitrogen and oxygen atoms in total. The molecule has 2 rings (SSSR count). The first-order valence-electron chi connectivity index (χ1n) is 5.95. The van der Waals surface area contributed by atoms with Crippen molar-refractivity contribution in [3.8, 4) is 0 Å². The number of carbonyl (C=O) groups excluding carboxylic acids is 1. The molecule has 0 saturated carbocycles. The molecule has 19 heavy (non-hydrogen) atoms. The second-order valence-electron chi connectivity index (χ2n) is 4.45. The summed E-state index contributed by atoms with van der Waals surface area (Å²) in [5, 5.41) is 0. The Balaban J connectivity index is 2.27. The standard InChI is InChI=1S/C13H15FN2O2S/c1-18-13(17)8-5-6-16(7-8)10-4-2-3-9(14)11(10)12(15)19/h2-4,8H,5-7H2,1H3,(H2,15,19). The van der Waals surface area contributed by atoms with Crippen molar-refractivity contribution >= 4 is 28.9 Å². The number of esters is 1. The molecule has 102 valence electrons. The van der Waals surface area contributed by atoms with Crippen molar-refractivity contribution < 1.29 is 13.9 Å². The van der Waals surface area contributed by atoms with Crippen molar-refractivity contribution in [2.45, 2.75) is 6.42 Å². The van der Waals surface area contributed by atoms with Crippen LogP contribution >= 0.6 is 12.2 Å². The zero-order chi connectivity index (χ0) is 14.0. The summed E-state index contributed by atoms with van der Waals surface area (Å²) in [7, 11) is 1.37. The van der Waals surface area contributed by atoms with E-state index in [0.717, 1.165) is 0 Å². The lowest BCUT2D eigenvalue weighted by molar-refractivity contribution is -0.144. The van der Waals surface area contributed by atoms with Gasteiger partial charge in [0.25, 0.3) is 0 Å². The van der Waals surface area contributed by atoms with Gasteiger partial charge in [-0.25, -0.2) is 4.39 Å². The zero-order valence-electron chi connectivity index (χ0n) is 10.6. The number of nitrogens with two attached hydrogens (primary N) is 1. The second-order valence-corrected chi connectivity index (χ2v) is 4.89. The van der Waals surface area contributed by atoms with Crippen LogP contribution in [0.15, 0.2) is 18.2 Å². The van der Waals surface area contributed by atoms with Gasteiger partial charge in [0, 0.05) is 18.8 Å². The van der Waals surface area contributed by atoms with Crippen LogP contribution in [0.25, 0.3) is 0 Å². The summed E-state index contributed by atoms with van der Waals surface area (Å²) < 4.78 is 18.5. The number of ether oxygens (including phenoxy) is 1. The van der Waals surface area contributed by atoms with Crippen molar-refractivity contribution in [1.82, 2.24) is 0 Å². The van der Waals surface area contributed by atoms with Crippen molar-refractivity contribution in [1.29, 1.82) is 0 Å². The number of thiocarbonyl (C=S) groups is 1. The molecular weight excluding hydrogens is 267 g/mol. The van der Waals surface area contributed by atoms with Crippen LogP contribution in [0.5, 0.6) is 0 Å². The molecule has 1 aliphatic rings. The van der Waals surface area contributed by atoms with Gasteiger partial charge in [-0.1, -0.05) is 18.3 Å². The molecule has 1 heterocycles. The molecule has 0 radical (unpaired) electrons. The average molecular weight is 282 g/mol. The fourth-order valence-electron chi connectivity index (χ4n) is 2.36. The molecule has 1 aromatic carbocycles. The Bertz CT molecular complexity index is 521. The van der Waals surface area contributed by atoms with E-state index in [4.69, 9.17) is 22.7 Å².